The number of fused-ring (bicyclic) bond motifs is 1. The number of piperidine rings is 1. The molecule has 4 rings (SSSR count). The van der Waals surface area contributed by atoms with Crippen molar-refractivity contribution in [3.05, 3.63) is 27.4 Å². The first-order valence-electron chi connectivity index (χ1n) is 10.8. The van der Waals surface area contributed by atoms with Crippen molar-refractivity contribution < 1.29 is 17.9 Å². The molecule has 166 valence electrons. The molecule has 1 amide bonds. The molecule has 1 aromatic rings. The quantitative estimate of drug-likeness (QED) is 0.753. The third-order valence-corrected chi connectivity index (χ3v) is 8.54. The summed E-state index contributed by atoms with van der Waals surface area (Å²) in [6, 6.07) is -0.314. The highest BCUT2D eigenvalue weighted by Gasteiger charge is 2.37. The standard InChI is InChI=1S/C20H30N4O5S/c1-13(2)30(27,28)23-10-8-14-15(12-23)21-18(22-19(14)25)16-6-3-4-9-24(16)20(26)17-7-5-11-29-17/h13,16-17H,3-12H2,1-2H3,(H,21,22,25)/t16-,17+/m1/s1. The van der Waals surface area contributed by atoms with Crippen LogP contribution < -0.4 is 5.56 Å². The van der Waals surface area contributed by atoms with Crippen molar-refractivity contribution in [2.24, 2.45) is 0 Å². The Kier molecular flexibility index (Phi) is 6.00. The molecule has 1 N–H and O–H groups in total. The summed E-state index contributed by atoms with van der Waals surface area (Å²) in [5, 5.41) is -0.529. The van der Waals surface area contributed by atoms with Crippen LogP contribution in [0.2, 0.25) is 0 Å². The molecule has 30 heavy (non-hydrogen) atoms. The molecule has 10 heteroatoms. The number of aromatic amines is 1. The lowest BCUT2D eigenvalue weighted by Crippen LogP contribution is -2.46. The number of H-pyrrole nitrogens is 1. The van der Waals surface area contributed by atoms with Gasteiger partial charge in [-0.25, -0.2) is 13.4 Å². The first-order valence-corrected chi connectivity index (χ1v) is 12.3. The summed E-state index contributed by atoms with van der Waals surface area (Å²) in [6.45, 7) is 4.89. The van der Waals surface area contributed by atoms with E-state index in [-0.39, 0.29) is 30.6 Å². The fourth-order valence-corrected chi connectivity index (χ4v) is 5.79. The molecular weight excluding hydrogens is 408 g/mol. The molecule has 4 heterocycles. The van der Waals surface area contributed by atoms with Gasteiger partial charge in [-0.05, 0) is 52.4 Å². The molecule has 0 radical (unpaired) electrons. The summed E-state index contributed by atoms with van der Waals surface area (Å²) in [5.41, 5.74) is 0.813. The van der Waals surface area contributed by atoms with Gasteiger partial charge in [-0.15, -0.1) is 0 Å². The van der Waals surface area contributed by atoms with Crippen LogP contribution in [0.1, 0.15) is 69.1 Å². The Balaban J connectivity index is 1.64. The van der Waals surface area contributed by atoms with Crippen molar-refractivity contribution in [2.45, 2.75) is 76.3 Å². The lowest BCUT2D eigenvalue weighted by atomic mass is 9.99. The van der Waals surface area contributed by atoms with Crippen LogP contribution in [-0.2, 0) is 32.5 Å². The largest absolute Gasteiger partial charge is 0.368 e. The molecule has 2 atom stereocenters. The Morgan fingerprint density at radius 3 is 2.70 bits per heavy atom. The number of hydrogen-bond donors (Lipinski definition) is 1. The number of likely N-dealkylation sites (tertiary alicyclic amines) is 1. The van der Waals surface area contributed by atoms with E-state index in [0.29, 0.717) is 43.1 Å². The molecule has 0 spiro atoms. The molecule has 3 aliphatic rings. The van der Waals surface area contributed by atoms with E-state index < -0.39 is 21.4 Å². The number of rotatable bonds is 4. The second-order valence-electron chi connectivity index (χ2n) is 8.60. The maximum absolute atomic E-state index is 13.0. The van der Waals surface area contributed by atoms with E-state index in [2.05, 4.69) is 9.97 Å². The topological polar surface area (TPSA) is 113 Å². The summed E-state index contributed by atoms with van der Waals surface area (Å²) < 4.78 is 32.2. The monoisotopic (exact) mass is 438 g/mol. The van der Waals surface area contributed by atoms with E-state index >= 15 is 0 Å². The third-order valence-electron chi connectivity index (χ3n) is 6.32. The highest BCUT2D eigenvalue weighted by molar-refractivity contribution is 7.89. The molecule has 3 aliphatic heterocycles. The van der Waals surface area contributed by atoms with Crippen LogP contribution in [0.4, 0.5) is 0 Å². The van der Waals surface area contributed by atoms with Crippen LogP contribution in [0.5, 0.6) is 0 Å². The normalized spacial score (nSPS) is 25.5. The molecule has 2 saturated heterocycles. The minimum absolute atomic E-state index is 0.0402. The first kappa shape index (κ1) is 21.5. The van der Waals surface area contributed by atoms with Crippen LogP contribution in [0, 0.1) is 0 Å². The molecule has 0 unspecified atom stereocenters. The second-order valence-corrected chi connectivity index (χ2v) is 11.1. The average molecular weight is 439 g/mol. The van der Waals surface area contributed by atoms with Gasteiger partial charge in [-0.1, -0.05) is 0 Å². The SMILES string of the molecule is CC(C)S(=O)(=O)N1CCc2c(nc([C@H]3CCCCN3C(=O)[C@@H]3CCCO3)[nH]c2=O)C1. The van der Waals surface area contributed by atoms with Gasteiger partial charge >= 0.3 is 0 Å². The van der Waals surface area contributed by atoms with Gasteiger partial charge in [0.15, 0.2) is 0 Å². The number of carbonyl (C=O) groups excluding carboxylic acids is 1. The number of amides is 1. The van der Waals surface area contributed by atoms with E-state index in [0.717, 1.165) is 25.7 Å². The van der Waals surface area contributed by atoms with Gasteiger partial charge in [0.05, 0.1) is 23.5 Å². The zero-order valence-electron chi connectivity index (χ0n) is 17.6. The van der Waals surface area contributed by atoms with E-state index in [1.54, 1.807) is 18.7 Å². The van der Waals surface area contributed by atoms with Crippen LogP contribution in [-0.4, -0.2) is 64.5 Å². The smallest absolute Gasteiger partial charge is 0.254 e. The van der Waals surface area contributed by atoms with Crippen molar-refractivity contribution in [1.82, 2.24) is 19.2 Å². The minimum Gasteiger partial charge on any atom is -0.368 e. The highest BCUT2D eigenvalue weighted by Crippen LogP contribution is 2.31. The first-order chi connectivity index (χ1) is 14.3. The van der Waals surface area contributed by atoms with Crippen molar-refractivity contribution in [1.29, 1.82) is 0 Å². The number of aromatic nitrogens is 2. The number of carbonyl (C=O) groups is 1. The second kappa shape index (κ2) is 8.39. The lowest BCUT2D eigenvalue weighted by Gasteiger charge is -2.37. The van der Waals surface area contributed by atoms with Crippen LogP contribution >= 0.6 is 0 Å². The van der Waals surface area contributed by atoms with Gasteiger partial charge in [0.2, 0.25) is 10.0 Å². The predicted octanol–water partition coefficient (Wildman–Crippen LogP) is 1.10. The molecule has 0 aromatic carbocycles. The molecule has 0 bridgehead atoms. The zero-order chi connectivity index (χ0) is 21.5. The van der Waals surface area contributed by atoms with Crippen LogP contribution in [0.25, 0.3) is 0 Å². The van der Waals surface area contributed by atoms with Gasteiger partial charge in [-0.3, -0.25) is 9.59 Å². The van der Waals surface area contributed by atoms with Gasteiger partial charge in [0, 0.05) is 25.3 Å². The molecule has 2 fully saturated rings. The van der Waals surface area contributed by atoms with E-state index in [1.165, 1.54) is 4.31 Å². The van der Waals surface area contributed by atoms with Crippen molar-refractivity contribution in [3.8, 4) is 0 Å². The Morgan fingerprint density at radius 2 is 2.00 bits per heavy atom. The van der Waals surface area contributed by atoms with Crippen molar-refractivity contribution in [2.75, 3.05) is 19.7 Å². The van der Waals surface area contributed by atoms with Crippen molar-refractivity contribution >= 4 is 15.9 Å². The molecule has 0 saturated carbocycles. The Hall–Kier alpha value is -1.78. The fourth-order valence-electron chi connectivity index (χ4n) is 4.55. The number of nitrogens with one attached hydrogen (secondary N) is 1. The van der Waals surface area contributed by atoms with Gasteiger partial charge < -0.3 is 14.6 Å². The average Bonchev–Trinajstić information content (AvgIpc) is 3.27. The highest BCUT2D eigenvalue weighted by atomic mass is 32.2. The van der Waals surface area contributed by atoms with E-state index in [1.807, 2.05) is 0 Å². The molecular formula is C20H30N4O5S. The fraction of sp³-hybridized carbons (Fsp3) is 0.750. The maximum atomic E-state index is 13.0. The minimum atomic E-state index is -3.43. The van der Waals surface area contributed by atoms with E-state index in [9.17, 15) is 18.0 Å². The predicted molar refractivity (Wildman–Crippen MR) is 110 cm³/mol. The van der Waals surface area contributed by atoms with Gasteiger partial charge in [-0.2, -0.15) is 4.31 Å². The summed E-state index contributed by atoms with van der Waals surface area (Å²) >= 11 is 0. The summed E-state index contributed by atoms with van der Waals surface area (Å²) in [6.07, 6.45) is 4.09. The number of nitrogens with zero attached hydrogens (tertiary/aromatic N) is 3. The zero-order valence-corrected chi connectivity index (χ0v) is 18.4. The third kappa shape index (κ3) is 3.92. The summed E-state index contributed by atoms with van der Waals surface area (Å²) in [5.74, 6) is 0.412. The lowest BCUT2D eigenvalue weighted by molar-refractivity contribution is -0.145. The van der Waals surface area contributed by atoms with Crippen molar-refractivity contribution in [3.63, 3.8) is 0 Å². The number of hydrogen-bond acceptors (Lipinski definition) is 6. The molecule has 0 aliphatic carbocycles. The molecule has 9 nitrogen and oxygen atoms in total. The Bertz CT molecular complexity index is 968. The van der Waals surface area contributed by atoms with Gasteiger partial charge in [0.25, 0.3) is 11.5 Å². The van der Waals surface area contributed by atoms with E-state index in [4.69, 9.17) is 4.74 Å². The van der Waals surface area contributed by atoms with Crippen LogP contribution in [0.3, 0.4) is 0 Å². The summed E-state index contributed by atoms with van der Waals surface area (Å²) in [7, 11) is -3.43. The number of sulfonamides is 1. The Labute approximate surface area is 176 Å². The maximum Gasteiger partial charge on any atom is 0.254 e. The van der Waals surface area contributed by atoms with Gasteiger partial charge in [0.1, 0.15) is 11.9 Å². The molecule has 1 aromatic heterocycles. The number of ether oxygens (including phenoxy) is 1. The Morgan fingerprint density at radius 1 is 1.20 bits per heavy atom. The van der Waals surface area contributed by atoms with Crippen LogP contribution in [0.15, 0.2) is 4.79 Å². The summed E-state index contributed by atoms with van der Waals surface area (Å²) in [4.78, 5) is 35.1.